The Kier molecular flexibility index (Phi) is 4.81. The van der Waals surface area contributed by atoms with Gasteiger partial charge >= 0.3 is 0 Å². The quantitative estimate of drug-likeness (QED) is 0.915. The zero-order valence-electron chi connectivity index (χ0n) is 12.4. The van der Waals surface area contributed by atoms with Crippen LogP contribution in [0.15, 0.2) is 24.4 Å². The van der Waals surface area contributed by atoms with E-state index in [2.05, 4.69) is 15.3 Å². The number of hydrogen-bond acceptors (Lipinski definition) is 4. The SMILES string of the molecule is C/C=c1/ccc(Nc2nccc(C)c2N)n/c1=C(\Cl)CC. The lowest BCUT2D eigenvalue weighted by molar-refractivity contribution is 1.16. The first kappa shape index (κ1) is 15.3. The molecule has 2 aromatic heterocycles. The van der Waals surface area contributed by atoms with Crippen molar-refractivity contribution in [3.8, 4) is 0 Å². The standard InChI is InChI=1S/C16H19ClN4/c1-4-11-6-7-13(20-15(11)12(17)5-2)21-16-14(18)10(3)8-9-19-16/h4,6-9H,5,18H2,1-3H3,(H,19,20,21)/b11-4-,15-12-. The monoisotopic (exact) mass is 302 g/mol. The average Bonchev–Trinajstić information content (AvgIpc) is 2.51. The highest BCUT2D eigenvalue weighted by atomic mass is 35.5. The third kappa shape index (κ3) is 3.34. The average molecular weight is 303 g/mol. The van der Waals surface area contributed by atoms with Crippen LogP contribution in [-0.4, -0.2) is 9.97 Å². The van der Waals surface area contributed by atoms with Crippen molar-refractivity contribution in [1.82, 2.24) is 9.97 Å². The summed E-state index contributed by atoms with van der Waals surface area (Å²) in [5.41, 5.74) is 7.62. The number of aryl methyl sites for hydroxylation is 1. The molecule has 0 atom stereocenters. The van der Waals surface area contributed by atoms with Gasteiger partial charge in [0.25, 0.3) is 0 Å². The summed E-state index contributed by atoms with van der Waals surface area (Å²) in [5.74, 6) is 1.28. The zero-order valence-corrected chi connectivity index (χ0v) is 13.2. The topological polar surface area (TPSA) is 63.8 Å². The van der Waals surface area contributed by atoms with Gasteiger partial charge in [0.05, 0.1) is 11.0 Å². The molecule has 0 aliphatic heterocycles. The van der Waals surface area contributed by atoms with Crippen molar-refractivity contribution in [2.24, 2.45) is 0 Å². The molecule has 0 aliphatic carbocycles. The van der Waals surface area contributed by atoms with Gasteiger partial charge in [-0.15, -0.1) is 0 Å². The summed E-state index contributed by atoms with van der Waals surface area (Å²) in [7, 11) is 0. The van der Waals surface area contributed by atoms with Crippen LogP contribution in [0.5, 0.6) is 0 Å². The molecule has 21 heavy (non-hydrogen) atoms. The molecule has 3 N–H and O–H groups in total. The Morgan fingerprint density at radius 2 is 2.14 bits per heavy atom. The number of nitrogen functional groups attached to an aromatic ring is 1. The summed E-state index contributed by atoms with van der Waals surface area (Å²) in [6.07, 6.45) is 4.45. The van der Waals surface area contributed by atoms with Gasteiger partial charge < -0.3 is 11.1 Å². The molecule has 0 fully saturated rings. The summed E-state index contributed by atoms with van der Waals surface area (Å²) < 4.78 is 0. The molecule has 0 unspecified atom stereocenters. The van der Waals surface area contributed by atoms with Crippen molar-refractivity contribution < 1.29 is 0 Å². The Morgan fingerprint density at radius 3 is 2.81 bits per heavy atom. The van der Waals surface area contributed by atoms with Crippen LogP contribution >= 0.6 is 11.6 Å². The van der Waals surface area contributed by atoms with Crippen molar-refractivity contribution in [1.29, 1.82) is 0 Å². The molecule has 2 rings (SSSR count). The smallest absolute Gasteiger partial charge is 0.154 e. The summed E-state index contributed by atoms with van der Waals surface area (Å²) >= 11 is 6.27. The molecular weight excluding hydrogens is 284 g/mol. The summed E-state index contributed by atoms with van der Waals surface area (Å²) in [6, 6.07) is 5.74. The van der Waals surface area contributed by atoms with Crippen LogP contribution in [0.4, 0.5) is 17.3 Å². The first-order valence-corrected chi connectivity index (χ1v) is 7.24. The van der Waals surface area contributed by atoms with Crippen LogP contribution < -0.4 is 21.6 Å². The van der Waals surface area contributed by atoms with E-state index in [0.29, 0.717) is 17.3 Å². The van der Waals surface area contributed by atoms with Gasteiger partial charge in [-0.1, -0.05) is 24.6 Å². The number of hydrogen-bond donors (Lipinski definition) is 2. The second-order valence-electron chi connectivity index (χ2n) is 4.70. The van der Waals surface area contributed by atoms with Gasteiger partial charge in [0.15, 0.2) is 5.82 Å². The molecule has 0 bridgehead atoms. The van der Waals surface area contributed by atoms with E-state index in [9.17, 15) is 0 Å². The predicted octanol–water partition coefficient (Wildman–Crippen LogP) is 2.67. The van der Waals surface area contributed by atoms with Crippen LogP contribution in [0.1, 0.15) is 25.8 Å². The van der Waals surface area contributed by atoms with Crippen molar-refractivity contribution in [2.75, 3.05) is 11.1 Å². The Bertz CT molecular complexity index is 768. The molecular formula is C16H19ClN4. The molecule has 0 aromatic carbocycles. The fourth-order valence-electron chi connectivity index (χ4n) is 1.95. The first-order chi connectivity index (χ1) is 10.1. The van der Waals surface area contributed by atoms with Gasteiger partial charge in [0.1, 0.15) is 5.82 Å². The summed E-state index contributed by atoms with van der Waals surface area (Å²) in [6.45, 7) is 5.91. The number of nitrogens with one attached hydrogen (secondary N) is 1. The molecule has 2 aromatic rings. The Hall–Kier alpha value is -2.07. The van der Waals surface area contributed by atoms with Crippen LogP contribution in [0.25, 0.3) is 11.1 Å². The highest BCUT2D eigenvalue weighted by Gasteiger charge is 2.05. The zero-order chi connectivity index (χ0) is 15.4. The van der Waals surface area contributed by atoms with Gasteiger partial charge in [0.2, 0.25) is 0 Å². The summed E-state index contributed by atoms with van der Waals surface area (Å²) in [4.78, 5) is 8.82. The Labute approximate surface area is 129 Å². The molecule has 0 radical (unpaired) electrons. The van der Waals surface area contributed by atoms with E-state index in [-0.39, 0.29) is 0 Å². The Morgan fingerprint density at radius 1 is 1.38 bits per heavy atom. The number of pyridine rings is 2. The van der Waals surface area contributed by atoms with Crippen molar-refractivity contribution in [3.63, 3.8) is 0 Å². The van der Waals surface area contributed by atoms with E-state index in [1.165, 1.54) is 0 Å². The minimum Gasteiger partial charge on any atom is -0.396 e. The number of nitrogens with two attached hydrogens (primary N) is 1. The molecule has 0 spiro atoms. The maximum absolute atomic E-state index is 6.27. The number of anilines is 3. The largest absolute Gasteiger partial charge is 0.396 e. The number of aromatic nitrogens is 2. The molecule has 0 aliphatic rings. The van der Waals surface area contributed by atoms with E-state index in [0.717, 1.165) is 27.6 Å². The van der Waals surface area contributed by atoms with E-state index < -0.39 is 0 Å². The third-order valence-electron chi connectivity index (χ3n) is 3.26. The Balaban J connectivity index is 2.50. The minimum absolute atomic E-state index is 0.606. The van der Waals surface area contributed by atoms with Crippen LogP contribution in [-0.2, 0) is 0 Å². The van der Waals surface area contributed by atoms with Gasteiger partial charge in [0, 0.05) is 11.2 Å². The fraction of sp³-hybridized carbons (Fsp3) is 0.250. The second kappa shape index (κ2) is 6.59. The van der Waals surface area contributed by atoms with Crippen molar-refractivity contribution in [3.05, 3.63) is 40.5 Å². The number of nitrogens with zero attached hydrogens (tertiary/aromatic N) is 2. The highest BCUT2D eigenvalue weighted by Crippen LogP contribution is 2.21. The highest BCUT2D eigenvalue weighted by molar-refractivity contribution is 6.44. The molecule has 4 nitrogen and oxygen atoms in total. The van der Waals surface area contributed by atoms with Crippen molar-refractivity contribution in [2.45, 2.75) is 27.2 Å². The predicted molar refractivity (Wildman–Crippen MR) is 89.8 cm³/mol. The van der Waals surface area contributed by atoms with E-state index in [4.69, 9.17) is 17.3 Å². The lowest BCUT2D eigenvalue weighted by atomic mass is 10.2. The molecule has 0 amide bonds. The first-order valence-electron chi connectivity index (χ1n) is 6.87. The third-order valence-corrected chi connectivity index (χ3v) is 3.71. The summed E-state index contributed by atoms with van der Waals surface area (Å²) in [5, 5.41) is 5.69. The van der Waals surface area contributed by atoms with Crippen LogP contribution in [0.3, 0.4) is 0 Å². The van der Waals surface area contributed by atoms with Gasteiger partial charge in [-0.05, 0) is 49.2 Å². The molecule has 110 valence electrons. The maximum Gasteiger partial charge on any atom is 0.154 e. The molecule has 5 heteroatoms. The molecule has 0 saturated heterocycles. The van der Waals surface area contributed by atoms with Crippen molar-refractivity contribution >= 4 is 40.0 Å². The molecule has 2 heterocycles. The van der Waals surface area contributed by atoms with E-state index in [1.54, 1.807) is 6.20 Å². The van der Waals surface area contributed by atoms with Gasteiger partial charge in [-0.3, -0.25) is 0 Å². The minimum atomic E-state index is 0.606. The number of rotatable bonds is 3. The van der Waals surface area contributed by atoms with Crippen LogP contribution in [0.2, 0.25) is 0 Å². The lowest BCUT2D eigenvalue weighted by Crippen LogP contribution is -2.29. The number of halogens is 1. The van der Waals surface area contributed by atoms with Gasteiger partial charge in [-0.2, -0.15) is 0 Å². The maximum atomic E-state index is 6.27. The van der Waals surface area contributed by atoms with E-state index in [1.807, 2.05) is 45.0 Å². The van der Waals surface area contributed by atoms with Crippen LogP contribution in [0, 0.1) is 6.92 Å². The molecule has 0 saturated carbocycles. The normalized spacial score (nSPS) is 13.2. The fourth-order valence-corrected chi connectivity index (χ4v) is 2.10. The second-order valence-corrected chi connectivity index (χ2v) is 5.15. The lowest BCUT2D eigenvalue weighted by Gasteiger charge is -2.09. The van der Waals surface area contributed by atoms with Gasteiger partial charge in [-0.25, -0.2) is 9.97 Å². The van der Waals surface area contributed by atoms with E-state index >= 15 is 0 Å².